The number of hydrogen-bond donors (Lipinski definition) is 1. The number of ether oxygens (including phenoxy) is 2. The lowest BCUT2D eigenvalue weighted by atomic mass is 10.3. The van der Waals surface area contributed by atoms with Gasteiger partial charge in [0.05, 0.1) is 7.11 Å². The molecule has 0 amide bonds. The first-order valence-corrected chi connectivity index (χ1v) is 5.17. The molecule has 1 aromatic carbocycles. The van der Waals surface area contributed by atoms with Crippen LogP contribution < -0.4 is 9.47 Å². The zero-order valence-corrected chi connectivity index (χ0v) is 9.82. The number of benzene rings is 1. The van der Waals surface area contributed by atoms with Crippen LogP contribution in [0.1, 0.15) is 21.0 Å². The second-order valence-corrected chi connectivity index (χ2v) is 3.42. The van der Waals surface area contributed by atoms with Gasteiger partial charge in [0.2, 0.25) is 5.76 Å². The molecule has 1 aromatic heterocycles. The number of carbonyl (C=O) groups excluding carboxylic acids is 1. The van der Waals surface area contributed by atoms with Crippen molar-refractivity contribution in [3.8, 4) is 11.5 Å². The summed E-state index contributed by atoms with van der Waals surface area (Å²) in [5, 5.41) is 11.9. The zero-order chi connectivity index (χ0) is 13.8. The molecule has 2 aromatic rings. The minimum Gasteiger partial charge on any atom is -0.493 e. The highest BCUT2D eigenvalue weighted by molar-refractivity contribution is 5.92. The monoisotopic (exact) mass is 263 g/mol. The molecule has 0 saturated carbocycles. The molecule has 1 heterocycles. The quantitative estimate of drug-likeness (QED) is 0.660. The number of carboxylic acid groups (broad SMARTS) is 1. The Morgan fingerprint density at radius 2 is 1.95 bits per heavy atom. The minimum absolute atomic E-state index is 0.197. The van der Waals surface area contributed by atoms with E-state index >= 15 is 0 Å². The summed E-state index contributed by atoms with van der Waals surface area (Å²) in [5.41, 5.74) is -0.369. The third kappa shape index (κ3) is 2.71. The standard InChI is InChI=1S/C12H9NO6/c1-17-8-4-2-3-5-9(8)18-12(16)10-6-7(11(14)15)13-19-10/h2-6H,1H3,(H,14,15). The average Bonchev–Trinajstić information content (AvgIpc) is 2.89. The van der Waals surface area contributed by atoms with Gasteiger partial charge in [0.25, 0.3) is 0 Å². The van der Waals surface area contributed by atoms with Crippen molar-refractivity contribution >= 4 is 11.9 Å². The molecule has 98 valence electrons. The Morgan fingerprint density at radius 3 is 2.53 bits per heavy atom. The maximum atomic E-state index is 11.7. The van der Waals surface area contributed by atoms with Gasteiger partial charge in [0.15, 0.2) is 17.2 Å². The molecule has 0 aliphatic rings. The maximum Gasteiger partial charge on any atom is 0.382 e. The van der Waals surface area contributed by atoms with Gasteiger partial charge in [-0.15, -0.1) is 0 Å². The van der Waals surface area contributed by atoms with Crippen LogP contribution in [0.15, 0.2) is 34.9 Å². The van der Waals surface area contributed by atoms with E-state index in [-0.39, 0.29) is 17.2 Å². The average molecular weight is 263 g/mol. The summed E-state index contributed by atoms with van der Waals surface area (Å²) in [6.45, 7) is 0. The summed E-state index contributed by atoms with van der Waals surface area (Å²) in [5.74, 6) is -1.88. The van der Waals surface area contributed by atoms with Gasteiger partial charge >= 0.3 is 11.9 Å². The molecule has 7 heteroatoms. The number of methoxy groups -OCH3 is 1. The fourth-order valence-corrected chi connectivity index (χ4v) is 1.33. The Bertz CT molecular complexity index is 618. The van der Waals surface area contributed by atoms with Crippen molar-refractivity contribution in [2.45, 2.75) is 0 Å². The van der Waals surface area contributed by atoms with Crippen molar-refractivity contribution in [3.63, 3.8) is 0 Å². The highest BCUT2D eigenvalue weighted by Gasteiger charge is 2.19. The second kappa shape index (κ2) is 5.21. The molecule has 0 unspecified atom stereocenters. The van der Waals surface area contributed by atoms with Gasteiger partial charge in [0.1, 0.15) is 0 Å². The van der Waals surface area contributed by atoms with E-state index in [0.717, 1.165) is 6.07 Å². The van der Waals surface area contributed by atoms with Gasteiger partial charge in [-0.25, -0.2) is 9.59 Å². The summed E-state index contributed by atoms with van der Waals surface area (Å²) in [7, 11) is 1.43. The number of carboxylic acids is 1. The first-order valence-electron chi connectivity index (χ1n) is 5.17. The number of rotatable bonds is 4. The van der Waals surface area contributed by atoms with Crippen LogP contribution in [0.25, 0.3) is 0 Å². The van der Waals surface area contributed by atoms with Crippen molar-refractivity contribution in [1.82, 2.24) is 5.16 Å². The van der Waals surface area contributed by atoms with Crippen molar-refractivity contribution in [3.05, 3.63) is 41.8 Å². The second-order valence-electron chi connectivity index (χ2n) is 3.42. The highest BCUT2D eigenvalue weighted by atomic mass is 16.6. The van der Waals surface area contributed by atoms with E-state index in [4.69, 9.17) is 14.6 Å². The number of carbonyl (C=O) groups is 2. The van der Waals surface area contributed by atoms with Crippen molar-refractivity contribution in [2.75, 3.05) is 7.11 Å². The first kappa shape index (κ1) is 12.6. The van der Waals surface area contributed by atoms with Crippen LogP contribution in [-0.4, -0.2) is 29.3 Å². The van der Waals surface area contributed by atoms with E-state index in [1.807, 2.05) is 0 Å². The molecule has 0 fully saturated rings. The van der Waals surface area contributed by atoms with E-state index in [1.165, 1.54) is 13.2 Å². The molecule has 0 aliphatic heterocycles. The van der Waals surface area contributed by atoms with Crippen LogP contribution in [0.3, 0.4) is 0 Å². The van der Waals surface area contributed by atoms with Gasteiger partial charge in [-0.1, -0.05) is 17.3 Å². The topological polar surface area (TPSA) is 98.9 Å². The van der Waals surface area contributed by atoms with E-state index < -0.39 is 11.9 Å². The van der Waals surface area contributed by atoms with E-state index in [1.54, 1.807) is 18.2 Å². The molecule has 7 nitrogen and oxygen atoms in total. The summed E-state index contributed by atoms with van der Waals surface area (Å²) >= 11 is 0. The molecule has 0 bridgehead atoms. The fraction of sp³-hybridized carbons (Fsp3) is 0.0833. The van der Waals surface area contributed by atoms with E-state index in [2.05, 4.69) is 9.68 Å². The van der Waals surface area contributed by atoms with Gasteiger partial charge in [-0.05, 0) is 12.1 Å². The lowest BCUT2D eigenvalue weighted by Gasteiger charge is -2.06. The Kier molecular flexibility index (Phi) is 3.46. The van der Waals surface area contributed by atoms with E-state index in [0.29, 0.717) is 5.75 Å². The molecular weight excluding hydrogens is 254 g/mol. The number of nitrogens with zero attached hydrogens (tertiary/aromatic N) is 1. The number of aromatic carboxylic acids is 1. The van der Waals surface area contributed by atoms with E-state index in [9.17, 15) is 9.59 Å². The van der Waals surface area contributed by atoms with Crippen molar-refractivity contribution < 1.29 is 28.7 Å². The Hall–Kier alpha value is -2.83. The van der Waals surface area contributed by atoms with Crippen molar-refractivity contribution in [2.24, 2.45) is 0 Å². The molecule has 0 aliphatic carbocycles. The SMILES string of the molecule is COc1ccccc1OC(=O)c1cc(C(=O)O)no1. The predicted molar refractivity (Wildman–Crippen MR) is 61.4 cm³/mol. The van der Waals surface area contributed by atoms with Crippen LogP contribution in [-0.2, 0) is 0 Å². The van der Waals surface area contributed by atoms with Gasteiger partial charge in [-0.2, -0.15) is 0 Å². The number of esters is 1. The van der Waals surface area contributed by atoms with Crippen LogP contribution in [0, 0.1) is 0 Å². The summed E-state index contributed by atoms with van der Waals surface area (Å²) < 4.78 is 14.6. The van der Waals surface area contributed by atoms with Crippen LogP contribution >= 0.6 is 0 Å². The first-order chi connectivity index (χ1) is 9.11. The normalized spacial score (nSPS) is 9.95. The number of para-hydroxylation sites is 2. The predicted octanol–water partition coefficient (Wildman–Crippen LogP) is 1.60. The molecule has 1 N–H and O–H groups in total. The lowest BCUT2D eigenvalue weighted by Crippen LogP contribution is -2.08. The third-order valence-electron chi connectivity index (χ3n) is 2.20. The third-order valence-corrected chi connectivity index (χ3v) is 2.20. The molecule has 0 saturated heterocycles. The van der Waals surface area contributed by atoms with Gasteiger partial charge < -0.3 is 19.1 Å². The van der Waals surface area contributed by atoms with Gasteiger partial charge in [-0.3, -0.25) is 0 Å². The molecule has 0 radical (unpaired) electrons. The smallest absolute Gasteiger partial charge is 0.382 e. The zero-order valence-electron chi connectivity index (χ0n) is 9.82. The maximum absolute atomic E-state index is 11.7. The summed E-state index contributed by atoms with van der Waals surface area (Å²) in [6, 6.07) is 7.51. The molecule has 0 spiro atoms. The summed E-state index contributed by atoms with van der Waals surface area (Å²) in [6.07, 6.45) is 0. The fourth-order valence-electron chi connectivity index (χ4n) is 1.33. The molecule has 2 rings (SSSR count). The Labute approximate surface area is 107 Å². The van der Waals surface area contributed by atoms with Crippen LogP contribution in [0.2, 0.25) is 0 Å². The van der Waals surface area contributed by atoms with Crippen LogP contribution in [0.5, 0.6) is 11.5 Å². The summed E-state index contributed by atoms with van der Waals surface area (Å²) in [4.78, 5) is 22.3. The van der Waals surface area contributed by atoms with Gasteiger partial charge in [0, 0.05) is 6.07 Å². The minimum atomic E-state index is -1.29. The number of aromatic nitrogens is 1. The molecule has 19 heavy (non-hydrogen) atoms. The van der Waals surface area contributed by atoms with Crippen molar-refractivity contribution in [1.29, 1.82) is 0 Å². The molecule has 0 atom stereocenters. The number of hydrogen-bond acceptors (Lipinski definition) is 6. The highest BCUT2D eigenvalue weighted by Crippen LogP contribution is 2.26. The Balaban J connectivity index is 2.18. The lowest BCUT2D eigenvalue weighted by molar-refractivity contribution is 0.0666. The Morgan fingerprint density at radius 1 is 1.26 bits per heavy atom. The van der Waals surface area contributed by atoms with Crippen LogP contribution in [0.4, 0.5) is 0 Å². The largest absolute Gasteiger partial charge is 0.493 e. The molecular formula is C12H9NO6.